The van der Waals surface area contributed by atoms with Gasteiger partial charge in [0, 0.05) is 51.5 Å². The summed E-state index contributed by atoms with van der Waals surface area (Å²) in [5, 5.41) is 3.98. The molecule has 0 unspecified atom stereocenters. The summed E-state index contributed by atoms with van der Waals surface area (Å²) in [6.07, 6.45) is 1.65. The van der Waals surface area contributed by atoms with Gasteiger partial charge in [-0.1, -0.05) is 5.16 Å². The fraction of sp³-hybridized carbons (Fsp3) is 0.471. The van der Waals surface area contributed by atoms with Crippen LogP contribution in [-0.4, -0.2) is 51.6 Å². The number of carbonyl (C=O) groups excluding carboxylic acids is 1. The molecule has 1 aliphatic rings. The lowest BCUT2D eigenvalue weighted by Gasteiger charge is -2.34. The number of aryl methyl sites for hydroxylation is 3. The van der Waals surface area contributed by atoms with Gasteiger partial charge >= 0.3 is 0 Å². The van der Waals surface area contributed by atoms with Crippen LogP contribution in [0.3, 0.4) is 0 Å². The van der Waals surface area contributed by atoms with Crippen molar-refractivity contribution in [3.05, 3.63) is 51.3 Å². The SMILES string of the molecule is Cc1noc(C)c1CN1CCN(C(=O)c2cccn(C)c2=O)CC1. The highest BCUT2D eigenvalue weighted by molar-refractivity contribution is 5.93. The highest BCUT2D eigenvalue weighted by atomic mass is 16.5. The van der Waals surface area contributed by atoms with Gasteiger partial charge in [0.25, 0.3) is 11.5 Å². The maximum absolute atomic E-state index is 12.6. The zero-order valence-electron chi connectivity index (χ0n) is 14.3. The maximum Gasteiger partial charge on any atom is 0.263 e. The van der Waals surface area contributed by atoms with Gasteiger partial charge in [0.15, 0.2) is 0 Å². The first-order chi connectivity index (χ1) is 11.5. The quantitative estimate of drug-likeness (QED) is 0.838. The second-order valence-electron chi connectivity index (χ2n) is 6.21. The van der Waals surface area contributed by atoms with Crippen molar-refractivity contribution in [1.82, 2.24) is 19.5 Å². The van der Waals surface area contributed by atoms with E-state index in [2.05, 4.69) is 10.1 Å². The topological polar surface area (TPSA) is 71.6 Å². The number of nitrogens with zero attached hydrogens (tertiary/aromatic N) is 4. The average molecular weight is 330 g/mol. The molecule has 0 bridgehead atoms. The summed E-state index contributed by atoms with van der Waals surface area (Å²) in [5.74, 6) is 0.659. The van der Waals surface area contributed by atoms with Gasteiger partial charge in [0.2, 0.25) is 0 Å². The Hall–Kier alpha value is -2.41. The van der Waals surface area contributed by atoms with Crippen LogP contribution in [0.4, 0.5) is 0 Å². The van der Waals surface area contributed by atoms with Crippen LogP contribution in [0, 0.1) is 13.8 Å². The number of aromatic nitrogens is 2. The molecule has 0 spiro atoms. The summed E-state index contributed by atoms with van der Waals surface area (Å²) in [6.45, 7) is 7.39. The van der Waals surface area contributed by atoms with Crippen molar-refractivity contribution in [1.29, 1.82) is 0 Å². The Balaban J connectivity index is 1.64. The van der Waals surface area contributed by atoms with Gasteiger partial charge in [-0.25, -0.2) is 0 Å². The minimum absolute atomic E-state index is 0.187. The van der Waals surface area contributed by atoms with Gasteiger partial charge in [-0.15, -0.1) is 0 Å². The number of hydrogen-bond acceptors (Lipinski definition) is 5. The number of piperazine rings is 1. The lowest BCUT2D eigenvalue weighted by molar-refractivity contribution is 0.0625. The summed E-state index contributed by atoms with van der Waals surface area (Å²) in [6, 6.07) is 3.32. The fourth-order valence-corrected chi connectivity index (χ4v) is 2.99. The van der Waals surface area contributed by atoms with Crippen LogP contribution >= 0.6 is 0 Å². The molecule has 24 heavy (non-hydrogen) atoms. The second-order valence-corrected chi connectivity index (χ2v) is 6.21. The first-order valence-corrected chi connectivity index (χ1v) is 8.06. The Morgan fingerprint density at radius 3 is 2.58 bits per heavy atom. The smallest absolute Gasteiger partial charge is 0.263 e. The number of hydrogen-bond donors (Lipinski definition) is 0. The van der Waals surface area contributed by atoms with Crippen molar-refractivity contribution in [2.45, 2.75) is 20.4 Å². The second kappa shape index (κ2) is 6.60. The first kappa shape index (κ1) is 16.4. The standard InChI is InChI=1S/C17H22N4O3/c1-12-15(13(2)24-18-12)11-20-7-9-21(10-8-20)17(23)14-5-4-6-19(3)16(14)22/h4-6H,7-11H2,1-3H3. The van der Waals surface area contributed by atoms with E-state index in [9.17, 15) is 9.59 Å². The molecule has 0 aromatic carbocycles. The van der Waals surface area contributed by atoms with E-state index in [0.717, 1.165) is 36.7 Å². The summed E-state index contributed by atoms with van der Waals surface area (Å²) in [5.41, 5.74) is 2.02. The third-order valence-electron chi connectivity index (χ3n) is 4.58. The highest BCUT2D eigenvalue weighted by Gasteiger charge is 2.25. The molecule has 1 fully saturated rings. The minimum Gasteiger partial charge on any atom is -0.361 e. The molecule has 0 saturated carbocycles. The Morgan fingerprint density at radius 2 is 1.96 bits per heavy atom. The third kappa shape index (κ3) is 3.12. The minimum atomic E-state index is -0.249. The lowest BCUT2D eigenvalue weighted by atomic mass is 10.1. The van der Waals surface area contributed by atoms with Crippen LogP contribution in [0.5, 0.6) is 0 Å². The van der Waals surface area contributed by atoms with Crippen LogP contribution in [-0.2, 0) is 13.6 Å². The van der Waals surface area contributed by atoms with E-state index >= 15 is 0 Å². The number of amides is 1. The van der Waals surface area contributed by atoms with E-state index in [-0.39, 0.29) is 17.0 Å². The van der Waals surface area contributed by atoms with Crippen LogP contribution in [0.25, 0.3) is 0 Å². The van der Waals surface area contributed by atoms with Crippen molar-refractivity contribution < 1.29 is 9.32 Å². The van der Waals surface area contributed by atoms with E-state index in [1.165, 1.54) is 4.57 Å². The van der Waals surface area contributed by atoms with Gasteiger partial charge in [-0.3, -0.25) is 14.5 Å². The molecule has 3 rings (SSSR count). The molecule has 128 valence electrons. The molecule has 2 aromatic rings. The van der Waals surface area contributed by atoms with Crippen molar-refractivity contribution in [3.8, 4) is 0 Å². The Kier molecular flexibility index (Phi) is 4.53. The Labute approximate surface area is 140 Å². The van der Waals surface area contributed by atoms with Crippen LogP contribution < -0.4 is 5.56 Å². The molecule has 1 aliphatic heterocycles. The normalized spacial score (nSPS) is 15.7. The molecule has 7 nitrogen and oxygen atoms in total. The third-order valence-corrected chi connectivity index (χ3v) is 4.58. The number of rotatable bonds is 3. The predicted molar refractivity (Wildman–Crippen MR) is 88.8 cm³/mol. The van der Waals surface area contributed by atoms with Gasteiger partial charge in [0.05, 0.1) is 5.69 Å². The van der Waals surface area contributed by atoms with Crippen molar-refractivity contribution in [3.63, 3.8) is 0 Å². The van der Waals surface area contributed by atoms with Crippen molar-refractivity contribution in [2.75, 3.05) is 26.2 Å². The van der Waals surface area contributed by atoms with Crippen LogP contribution in [0.1, 0.15) is 27.4 Å². The van der Waals surface area contributed by atoms with Crippen molar-refractivity contribution in [2.24, 2.45) is 7.05 Å². The molecular formula is C17H22N4O3. The maximum atomic E-state index is 12.6. The van der Waals surface area contributed by atoms with Gasteiger partial charge in [-0.05, 0) is 26.0 Å². The molecular weight excluding hydrogens is 308 g/mol. The molecule has 3 heterocycles. The lowest BCUT2D eigenvalue weighted by Crippen LogP contribution is -2.49. The molecule has 1 amide bonds. The summed E-state index contributed by atoms with van der Waals surface area (Å²) in [4.78, 5) is 28.7. The molecule has 0 atom stereocenters. The molecule has 1 saturated heterocycles. The fourth-order valence-electron chi connectivity index (χ4n) is 2.99. The number of pyridine rings is 1. The van der Waals surface area contributed by atoms with Gasteiger partial charge < -0.3 is 14.0 Å². The van der Waals surface area contributed by atoms with E-state index in [1.807, 2.05) is 13.8 Å². The predicted octanol–water partition coefficient (Wildman–Crippen LogP) is 0.948. The van der Waals surface area contributed by atoms with Crippen LogP contribution in [0.15, 0.2) is 27.6 Å². The zero-order chi connectivity index (χ0) is 17.3. The van der Waals surface area contributed by atoms with Crippen LogP contribution in [0.2, 0.25) is 0 Å². The highest BCUT2D eigenvalue weighted by Crippen LogP contribution is 2.16. The molecule has 2 aromatic heterocycles. The largest absolute Gasteiger partial charge is 0.361 e. The Bertz CT molecular complexity index is 781. The van der Waals surface area contributed by atoms with Crippen molar-refractivity contribution >= 4 is 5.91 Å². The molecule has 0 aliphatic carbocycles. The zero-order valence-corrected chi connectivity index (χ0v) is 14.3. The average Bonchev–Trinajstić information content (AvgIpc) is 2.89. The Morgan fingerprint density at radius 1 is 1.25 bits per heavy atom. The summed E-state index contributed by atoms with van der Waals surface area (Å²) >= 11 is 0. The molecule has 0 N–H and O–H groups in total. The van der Waals surface area contributed by atoms with E-state index in [1.54, 1.807) is 30.3 Å². The first-order valence-electron chi connectivity index (χ1n) is 8.06. The molecule has 0 radical (unpaired) electrons. The molecule has 7 heteroatoms. The summed E-state index contributed by atoms with van der Waals surface area (Å²) in [7, 11) is 1.65. The van der Waals surface area contributed by atoms with E-state index in [4.69, 9.17) is 4.52 Å². The van der Waals surface area contributed by atoms with E-state index in [0.29, 0.717) is 13.1 Å². The number of carbonyl (C=O) groups is 1. The monoisotopic (exact) mass is 330 g/mol. The summed E-state index contributed by atoms with van der Waals surface area (Å²) < 4.78 is 6.63. The van der Waals surface area contributed by atoms with E-state index < -0.39 is 0 Å². The van der Waals surface area contributed by atoms with Gasteiger partial charge in [-0.2, -0.15) is 0 Å². The van der Waals surface area contributed by atoms with Gasteiger partial charge in [0.1, 0.15) is 11.3 Å².